The normalized spacial score (nSPS) is 15.5. The number of quaternary nitrogens is 1. The summed E-state index contributed by atoms with van der Waals surface area (Å²) >= 11 is 0. The number of aliphatic hydroxyl groups is 1. The predicted octanol–water partition coefficient (Wildman–Crippen LogP) is 6.64. The second-order valence-electron chi connectivity index (χ2n) is 10.0. The first kappa shape index (κ1) is 32.5. The summed E-state index contributed by atoms with van der Waals surface area (Å²) in [5.74, 6) is -0.127. The first-order chi connectivity index (χ1) is 15.7. The maximum absolute atomic E-state index is 12.0. The second kappa shape index (κ2) is 20.8. The SMILES string of the molecule is CCCCC/C=C\C/C=C\CCCCCCCCC(CO)COP(=O)(O)OCC[N+](C)(C)C. The summed E-state index contributed by atoms with van der Waals surface area (Å²) in [5.41, 5.74) is 0. The molecule has 0 rings (SSSR count). The quantitative estimate of drug-likeness (QED) is 0.0727. The van der Waals surface area contributed by atoms with E-state index < -0.39 is 7.82 Å². The zero-order chi connectivity index (χ0) is 24.8. The van der Waals surface area contributed by atoms with E-state index in [-0.39, 0.29) is 25.7 Å². The first-order valence-corrected chi connectivity index (χ1v) is 14.5. The van der Waals surface area contributed by atoms with Gasteiger partial charge in [0, 0.05) is 12.5 Å². The van der Waals surface area contributed by atoms with E-state index in [4.69, 9.17) is 9.05 Å². The number of likely N-dealkylation sites (N-methyl/N-ethyl adjacent to an activating group) is 1. The molecule has 0 aromatic heterocycles. The molecule has 0 bridgehead atoms. The number of phosphoric acid groups is 1. The molecule has 0 aromatic carbocycles. The Labute approximate surface area is 204 Å². The molecule has 0 heterocycles. The summed E-state index contributed by atoms with van der Waals surface area (Å²) in [6.07, 6.45) is 24.3. The molecule has 0 aliphatic carbocycles. The molecule has 0 spiro atoms. The van der Waals surface area contributed by atoms with Gasteiger partial charge in [-0.2, -0.15) is 0 Å². The fraction of sp³-hybridized carbons (Fsp3) is 0.846. The van der Waals surface area contributed by atoms with Crippen LogP contribution in [-0.2, 0) is 13.6 Å². The Morgan fingerprint density at radius 3 is 2.00 bits per heavy atom. The number of hydrogen-bond donors (Lipinski definition) is 2. The lowest BCUT2D eigenvalue weighted by Crippen LogP contribution is -2.37. The van der Waals surface area contributed by atoms with Crippen molar-refractivity contribution in [2.45, 2.75) is 90.4 Å². The lowest BCUT2D eigenvalue weighted by atomic mass is 10.0. The lowest BCUT2D eigenvalue weighted by molar-refractivity contribution is -0.870. The Morgan fingerprint density at radius 1 is 0.848 bits per heavy atom. The fourth-order valence-electron chi connectivity index (χ4n) is 3.32. The van der Waals surface area contributed by atoms with E-state index in [0.717, 1.165) is 32.1 Å². The van der Waals surface area contributed by atoms with Crippen LogP contribution in [0.2, 0.25) is 0 Å². The highest BCUT2D eigenvalue weighted by molar-refractivity contribution is 7.47. The molecule has 0 radical (unpaired) electrons. The topological polar surface area (TPSA) is 76.0 Å². The molecular formula is C26H53NO5P+. The van der Waals surface area contributed by atoms with Gasteiger partial charge in [-0.1, -0.05) is 76.2 Å². The molecular weight excluding hydrogens is 437 g/mol. The summed E-state index contributed by atoms with van der Waals surface area (Å²) < 4.78 is 22.7. The second-order valence-corrected chi connectivity index (χ2v) is 11.5. The number of unbranched alkanes of at least 4 members (excludes halogenated alkanes) is 9. The van der Waals surface area contributed by atoms with E-state index in [0.29, 0.717) is 11.0 Å². The van der Waals surface area contributed by atoms with Gasteiger partial charge in [-0.05, 0) is 38.5 Å². The van der Waals surface area contributed by atoms with Crippen molar-refractivity contribution in [3.05, 3.63) is 24.3 Å². The number of rotatable bonds is 23. The summed E-state index contributed by atoms with van der Waals surface area (Å²) in [5, 5.41) is 9.53. The maximum Gasteiger partial charge on any atom is 0.472 e. The number of aliphatic hydroxyl groups excluding tert-OH is 1. The van der Waals surface area contributed by atoms with Gasteiger partial charge >= 0.3 is 7.82 Å². The average Bonchev–Trinajstić information content (AvgIpc) is 2.74. The minimum Gasteiger partial charge on any atom is -0.396 e. The molecule has 6 nitrogen and oxygen atoms in total. The smallest absolute Gasteiger partial charge is 0.396 e. The van der Waals surface area contributed by atoms with Crippen LogP contribution < -0.4 is 0 Å². The Morgan fingerprint density at radius 2 is 1.42 bits per heavy atom. The van der Waals surface area contributed by atoms with Gasteiger partial charge in [0.2, 0.25) is 0 Å². The van der Waals surface area contributed by atoms with E-state index in [1.54, 1.807) is 0 Å². The highest BCUT2D eigenvalue weighted by atomic mass is 31.2. The van der Waals surface area contributed by atoms with Gasteiger partial charge in [0.15, 0.2) is 0 Å². The van der Waals surface area contributed by atoms with E-state index in [1.165, 1.54) is 51.4 Å². The third-order valence-corrected chi connectivity index (χ3v) is 6.55. The fourth-order valence-corrected chi connectivity index (χ4v) is 4.10. The van der Waals surface area contributed by atoms with E-state index >= 15 is 0 Å². The van der Waals surface area contributed by atoms with Crippen LogP contribution in [0.15, 0.2) is 24.3 Å². The van der Waals surface area contributed by atoms with E-state index in [1.807, 2.05) is 21.1 Å². The van der Waals surface area contributed by atoms with Crippen LogP contribution >= 0.6 is 7.82 Å². The first-order valence-electron chi connectivity index (χ1n) is 13.0. The van der Waals surface area contributed by atoms with Crippen LogP contribution in [0.25, 0.3) is 0 Å². The Kier molecular flexibility index (Phi) is 20.5. The molecule has 0 aromatic rings. The molecule has 0 saturated heterocycles. The molecule has 0 fully saturated rings. The van der Waals surface area contributed by atoms with E-state index in [9.17, 15) is 14.6 Å². The van der Waals surface area contributed by atoms with Crippen molar-refractivity contribution in [1.29, 1.82) is 0 Å². The monoisotopic (exact) mass is 490 g/mol. The third-order valence-electron chi connectivity index (χ3n) is 5.56. The van der Waals surface area contributed by atoms with Crippen molar-refractivity contribution in [1.82, 2.24) is 0 Å². The van der Waals surface area contributed by atoms with Crippen LogP contribution in [0, 0.1) is 5.92 Å². The van der Waals surface area contributed by atoms with Crippen molar-refractivity contribution in [2.24, 2.45) is 5.92 Å². The summed E-state index contributed by atoms with van der Waals surface area (Å²) in [6.45, 7) is 3.02. The van der Waals surface area contributed by atoms with Crippen LogP contribution in [0.1, 0.15) is 90.4 Å². The molecule has 2 N–H and O–H groups in total. The molecule has 7 heteroatoms. The van der Waals surface area contributed by atoms with Gasteiger partial charge in [0.05, 0.1) is 27.7 Å². The van der Waals surface area contributed by atoms with Crippen LogP contribution in [0.4, 0.5) is 0 Å². The molecule has 2 unspecified atom stereocenters. The zero-order valence-corrected chi connectivity index (χ0v) is 22.8. The van der Waals surface area contributed by atoms with Crippen molar-refractivity contribution >= 4 is 7.82 Å². The largest absolute Gasteiger partial charge is 0.472 e. The van der Waals surface area contributed by atoms with Gasteiger partial charge < -0.3 is 14.5 Å². The molecule has 2 atom stereocenters. The number of allylic oxidation sites excluding steroid dienone is 4. The molecule has 0 saturated carbocycles. The van der Waals surface area contributed by atoms with Gasteiger partial charge in [-0.25, -0.2) is 4.57 Å². The number of hydrogen-bond acceptors (Lipinski definition) is 4. The lowest BCUT2D eigenvalue weighted by Gasteiger charge is -2.24. The van der Waals surface area contributed by atoms with Gasteiger partial charge in [0.25, 0.3) is 0 Å². The van der Waals surface area contributed by atoms with Crippen LogP contribution in [-0.4, -0.2) is 62.0 Å². The summed E-state index contributed by atoms with van der Waals surface area (Å²) in [6, 6.07) is 0. The molecule has 33 heavy (non-hydrogen) atoms. The van der Waals surface area contributed by atoms with E-state index in [2.05, 4.69) is 31.2 Å². The van der Waals surface area contributed by atoms with Crippen molar-refractivity contribution in [2.75, 3.05) is 47.5 Å². The Hall–Kier alpha value is -0.490. The highest BCUT2D eigenvalue weighted by Crippen LogP contribution is 2.43. The minimum absolute atomic E-state index is 0.0425. The van der Waals surface area contributed by atoms with Crippen LogP contribution in [0.3, 0.4) is 0 Å². The Balaban J connectivity index is 3.66. The van der Waals surface area contributed by atoms with Crippen molar-refractivity contribution < 1.29 is 28.1 Å². The molecule has 0 amide bonds. The van der Waals surface area contributed by atoms with Gasteiger partial charge in [-0.3, -0.25) is 9.05 Å². The number of phosphoric ester groups is 1. The zero-order valence-electron chi connectivity index (χ0n) is 21.9. The standard InChI is InChI=1S/C26H52NO5P/c1-5-6-7-8-9-10-11-12-13-14-15-16-17-18-19-20-21-26(24-28)25-32-33(29,30)31-23-22-27(2,3)4/h9-10,12-13,26,28H,5-8,11,14-25H2,1-4H3/p+1/b10-9-,13-12-. The maximum atomic E-state index is 12.0. The predicted molar refractivity (Wildman–Crippen MR) is 139 cm³/mol. The molecule has 0 aliphatic heterocycles. The summed E-state index contributed by atoms with van der Waals surface area (Å²) in [4.78, 5) is 9.78. The molecule has 0 aliphatic rings. The minimum atomic E-state index is -4.05. The van der Waals surface area contributed by atoms with Crippen molar-refractivity contribution in [3.63, 3.8) is 0 Å². The average molecular weight is 491 g/mol. The third kappa shape index (κ3) is 24.4. The Bertz CT molecular complexity index is 545. The van der Waals surface area contributed by atoms with Gasteiger partial charge in [0.1, 0.15) is 13.2 Å². The number of nitrogens with zero attached hydrogens (tertiary/aromatic N) is 1. The summed E-state index contributed by atoms with van der Waals surface area (Å²) in [7, 11) is 1.91. The van der Waals surface area contributed by atoms with Crippen LogP contribution in [0.5, 0.6) is 0 Å². The van der Waals surface area contributed by atoms with Gasteiger partial charge in [-0.15, -0.1) is 0 Å². The molecule has 196 valence electrons. The highest BCUT2D eigenvalue weighted by Gasteiger charge is 2.24. The van der Waals surface area contributed by atoms with Crippen molar-refractivity contribution in [3.8, 4) is 0 Å².